The number of phenolic OH excluding ortho intramolecular Hbond substituents is 1. The predicted molar refractivity (Wildman–Crippen MR) is 66.4 cm³/mol. The number of hydrogen-bond acceptors (Lipinski definition) is 4. The smallest absolute Gasteiger partial charge is 0.335 e. The SMILES string of the molecule is CN(C)CCOc1cc(C(=O)O)ccc1O.Cl. The fourth-order valence-corrected chi connectivity index (χ4v) is 1.10. The largest absolute Gasteiger partial charge is 0.504 e. The number of likely N-dealkylation sites (N-methyl/N-ethyl adjacent to an activating group) is 1. The second-order valence-corrected chi connectivity index (χ2v) is 3.64. The topological polar surface area (TPSA) is 70.0 Å². The Balaban J connectivity index is 0.00000256. The number of carbonyl (C=O) groups is 1. The highest BCUT2D eigenvalue weighted by molar-refractivity contribution is 5.88. The molecule has 96 valence electrons. The number of carboxylic acids is 1. The predicted octanol–water partition coefficient (Wildman–Crippen LogP) is 1.45. The van der Waals surface area contributed by atoms with Crippen molar-refractivity contribution in [2.45, 2.75) is 0 Å². The summed E-state index contributed by atoms with van der Waals surface area (Å²) in [6, 6.07) is 3.96. The van der Waals surface area contributed by atoms with Gasteiger partial charge in [-0.25, -0.2) is 4.79 Å². The maximum absolute atomic E-state index is 10.7. The quantitative estimate of drug-likeness (QED) is 0.840. The minimum atomic E-state index is -1.04. The fraction of sp³-hybridized carbons (Fsp3) is 0.364. The number of phenols is 1. The lowest BCUT2D eigenvalue weighted by atomic mass is 10.2. The zero-order chi connectivity index (χ0) is 12.1. The summed E-state index contributed by atoms with van der Waals surface area (Å²) in [6.07, 6.45) is 0. The molecule has 1 aromatic carbocycles. The highest BCUT2D eigenvalue weighted by Gasteiger charge is 2.08. The van der Waals surface area contributed by atoms with Crippen molar-refractivity contribution < 1.29 is 19.7 Å². The molecule has 0 heterocycles. The molecule has 0 fully saturated rings. The molecule has 0 aromatic heterocycles. The van der Waals surface area contributed by atoms with Gasteiger partial charge in [-0.05, 0) is 32.3 Å². The zero-order valence-electron chi connectivity index (χ0n) is 9.71. The summed E-state index contributed by atoms with van der Waals surface area (Å²) >= 11 is 0. The molecule has 6 heteroatoms. The van der Waals surface area contributed by atoms with Crippen molar-refractivity contribution in [3.63, 3.8) is 0 Å². The molecule has 0 radical (unpaired) electrons. The number of nitrogens with zero attached hydrogens (tertiary/aromatic N) is 1. The number of benzene rings is 1. The van der Waals surface area contributed by atoms with E-state index in [1.165, 1.54) is 18.2 Å². The third-order valence-electron chi connectivity index (χ3n) is 2.00. The van der Waals surface area contributed by atoms with Crippen LogP contribution < -0.4 is 4.74 Å². The van der Waals surface area contributed by atoms with Crippen LogP contribution in [0.15, 0.2) is 18.2 Å². The molecular weight excluding hydrogens is 246 g/mol. The van der Waals surface area contributed by atoms with Crippen LogP contribution in [0, 0.1) is 0 Å². The Bertz CT molecular complexity index is 382. The Labute approximate surface area is 106 Å². The van der Waals surface area contributed by atoms with Gasteiger partial charge in [-0.1, -0.05) is 0 Å². The number of ether oxygens (including phenoxy) is 1. The third-order valence-corrected chi connectivity index (χ3v) is 2.00. The van der Waals surface area contributed by atoms with Gasteiger partial charge in [-0.2, -0.15) is 0 Å². The molecule has 0 saturated heterocycles. The van der Waals surface area contributed by atoms with Gasteiger partial charge in [-0.15, -0.1) is 12.4 Å². The van der Waals surface area contributed by atoms with Crippen LogP contribution in [0.25, 0.3) is 0 Å². The summed E-state index contributed by atoms with van der Waals surface area (Å²) in [5.74, 6) is -0.900. The summed E-state index contributed by atoms with van der Waals surface area (Å²) in [6.45, 7) is 1.08. The maximum atomic E-state index is 10.7. The summed E-state index contributed by atoms with van der Waals surface area (Å²) in [5.41, 5.74) is 0.0950. The van der Waals surface area contributed by atoms with Crippen molar-refractivity contribution >= 4 is 18.4 Å². The Hall–Kier alpha value is -1.46. The Morgan fingerprint density at radius 2 is 2.06 bits per heavy atom. The van der Waals surface area contributed by atoms with E-state index in [-0.39, 0.29) is 29.5 Å². The lowest BCUT2D eigenvalue weighted by Crippen LogP contribution is -2.19. The minimum absolute atomic E-state index is 0. The van der Waals surface area contributed by atoms with Gasteiger partial charge in [0, 0.05) is 6.54 Å². The monoisotopic (exact) mass is 261 g/mol. The molecule has 1 rings (SSSR count). The van der Waals surface area contributed by atoms with Crippen LogP contribution >= 0.6 is 12.4 Å². The number of aromatic carboxylic acids is 1. The van der Waals surface area contributed by atoms with Gasteiger partial charge >= 0.3 is 5.97 Å². The van der Waals surface area contributed by atoms with Crippen LogP contribution in [-0.2, 0) is 0 Å². The molecule has 0 atom stereocenters. The highest BCUT2D eigenvalue weighted by Crippen LogP contribution is 2.26. The van der Waals surface area contributed by atoms with Crippen LogP contribution in [-0.4, -0.2) is 48.3 Å². The maximum Gasteiger partial charge on any atom is 0.335 e. The summed E-state index contributed by atoms with van der Waals surface area (Å²) in [7, 11) is 3.80. The molecule has 0 amide bonds. The lowest BCUT2D eigenvalue weighted by Gasteiger charge is -2.12. The molecule has 0 spiro atoms. The molecule has 17 heavy (non-hydrogen) atoms. The average molecular weight is 262 g/mol. The van der Waals surface area contributed by atoms with Crippen LogP contribution in [0.5, 0.6) is 11.5 Å². The highest BCUT2D eigenvalue weighted by atomic mass is 35.5. The molecule has 0 bridgehead atoms. The first-order valence-electron chi connectivity index (χ1n) is 4.84. The fourth-order valence-electron chi connectivity index (χ4n) is 1.10. The lowest BCUT2D eigenvalue weighted by molar-refractivity contribution is 0.0696. The van der Waals surface area contributed by atoms with E-state index in [2.05, 4.69) is 0 Å². The Morgan fingerprint density at radius 3 is 2.59 bits per heavy atom. The number of rotatable bonds is 5. The van der Waals surface area contributed by atoms with Gasteiger partial charge in [0.25, 0.3) is 0 Å². The molecule has 0 aliphatic heterocycles. The first-order chi connectivity index (χ1) is 7.50. The van der Waals surface area contributed by atoms with Crippen LogP contribution in [0.3, 0.4) is 0 Å². The Morgan fingerprint density at radius 1 is 1.41 bits per heavy atom. The van der Waals surface area contributed by atoms with Crippen LogP contribution in [0.4, 0.5) is 0 Å². The minimum Gasteiger partial charge on any atom is -0.504 e. The Kier molecular flexibility index (Phi) is 6.38. The van der Waals surface area contributed by atoms with E-state index in [1.54, 1.807) is 0 Å². The number of halogens is 1. The van der Waals surface area contributed by atoms with Crippen LogP contribution in [0.2, 0.25) is 0 Å². The van der Waals surface area contributed by atoms with Crippen molar-refractivity contribution in [3.8, 4) is 11.5 Å². The molecule has 5 nitrogen and oxygen atoms in total. The summed E-state index contributed by atoms with van der Waals surface area (Å²) < 4.78 is 5.28. The van der Waals surface area contributed by atoms with Gasteiger partial charge in [-0.3, -0.25) is 0 Å². The average Bonchev–Trinajstić information content (AvgIpc) is 2.20. The van der Waals surface area contributed by atoms with E-state index >= 15 is 0 Å². The second-order valence-electron chi connectivity index (χ2n) is 3.64. The number of hydrogen-bond donors (Lipinski definition) is 2. The van der Waals surface area contributed by atoms with Crippen molar-refractivity contribution in [3.05, 3.63) is 23.8 Å². The molecule has 2 N–H and O–H groups in total. The van der Waals surface area contributed by atoms with Gasteiger partial charge in [0.15, 0.2) is 11.5 Å². The van der Waals surface area contributed by atoms with E-state index in [9.17, 15) is 9.90 Å². The van der Waals surface area contributed by atoms with Crippen molar-refractivity contribution in [1.82, 2.24) is 4.90 Å². The first kappa shape index (κ1) is 15.5. The van der Waals surface area contributed by atoms with Gasteiger partial charge in [0.1, 0.15) is 6.61 Å². The van der Waals surface area contributed by atoms with E-state index < -0.39 is 5.97 Å². The standard InChI is InChI=1S/C11H15NO4.ClH/c1-12(2)5-6-16-10-7-8(11(14)15)3-4-9(10)13;/h3-4,7,13H,5-6H2,1-2H3,(H,14,15);1H. The van der Waals surface area contributed by atoms with Gasteiger partial charge in [0.05, 0.1) is 5.56 Å². The van der Waals surface area contributed by atoms with E-state index in [0.717, 1.165) is 0 Å². The second kappa shape index (κ2) is 6.98. The zero-order valence-corrected chi connectivity index (χ0v) is 10.5. The third kappa shape index (κ3) is 4.93. The summed E-state index contributed by atoms with van der Waals surface area (Å²) in [5, 5.41) is 18.2. The summed E-state index contributed by atoms with van der Waals surface area (Å²) in [4.78, 5) is 12.6. The normalized spacial score (nSPS) is 9.82. The van der Waals surface area contributed by atoms with Crippen LogP contribution in [0.1, 0.15) is 10.4 Å². The molecule has 0 aliphatic rings. The van der Waals surface area contributed by atoms with E-state index in [4.69, 9.17) is 9.84 Å². The van der Waals surface area contributed by atoms with E-state index in [1.807, 2.05) is 19.0 Å². The molecule has 0 unspecified atom stereocenters. The molecule has 0 aliphatic carbocycles. The van der Waals surface area contributed by atoms with Gasteiger partial charge < -0.3 is 19.8 Å². The molecule has 1 aromatic rings. The van der Waals surface area contributed by atoms with E-state index in [0.29, 0.717) is 13.2 Å². The van der Waals surface area contributed by atoms with Gasteiger partial charge in [0.2, 0.25) is 0 Å². The van der Waals surface area contributed by atoms with Crippen molar-refractivity contribution in [2.75, 3.05) is 27.2 Å². The number of aromatic hydroxyl groups is 1. The number of carboxylic acid groups (broad SMARTS) is 1. The first-order valence-corrected chi connectivity index (χ1v) is 4.84. The molecule has 0 saturated carbocycles. The van der Waals surface area contributed by atoms with Crippen molar-refractivity contribution in [1.29, 1.82) is 0 Å². The van der Waals surface area contributed by atoms with Crippen molar-refractivity contribution in [2.24, 2.45) is 0 Å². The molecular formula is C11H16ClNO4.